The van der Waals surface area contributed by atoms with Crippen molar-refractivity contribution >= 4 is 0 Å². The molecule has 2 aliphatic heterocycles. The Morgan fingerprint density at radius 2 is 2.00 bits per heavy atom. The van der Waals surface area contributed by atoms with Crippen LogP contribution in [0.5, 0.6) is 0 Å². The first kappa shape index (κ1) is 9.44. The van der Waals surface area contributed by atoms with Crippen LogP contribution in [0.1, 0.15) is 26.7 Å². The maximum atomic E-state index is 5.76. The Bertz CT molecular complexity index is 170. The van der Waals surface area contributed by atoms with Crippen LogP contribution in [0.4, 0.5) is 0 Å². The van der Waals surface area contributed by atoms with E-state index in [2.05, 4.69) is 18.7 Å². The number of piperidine rings is 1. The van der Waals surface area contributed by atoms with Gasteiger partial charge < -0.3 is 9.47 Å². The molecule has 0 spiro atoms. The third-order valence-electron chi connectivity index (χ3n) is 2.92. The standard InChI is InChI=1S/C10H19NO2/c1-8(2)11-5-3-4-9-10(11)13-7-6-12-9/h8-10H,3-7H2,1-2H3. The Hall–Kier alpha value is -0.120. The molecule has 2 aliphatic rings. The summed E-state index contributed by atoms with van der Waals surface area (Å²) in [5.74, 6) is 0. The highest BCUT2D eigenvalue weighted by Gasteiger charge is 2.36. The molecule has 13 heavy (non-hydrogen) atoms. The summed E-state index contributed by atoms with van der Waals surface area (Å²) in [5.41, 5.74) is 0. The average Bonchev–Trinajstić information content (AvgIpc) is 2.17. The van der Waals surface area contributed by atoms with Crippen LogP contribution in [-0.4, -0.2) is 43.0 Å². The van der Waals surface area contributed by atoms with Gasteiger partial charge in [0.1, 0.15) is 6.23 Å². The summed E-state index contributed by atoms with van der Waals surface area (Å²) in [7, 11) is 0. The van der Waals surface area contributed by atoms with E-state index in [1.165, 1.54) is 6.42 Å². The topological polar surface area (TPSA) is 21.7 Å². The monoisotopic (exact) mass is 185 g/mol. The molecular weight excluding hydrogens is 166 g/mol. The van der Waals surface area contributed by atoms with Crippen molar-refractivity contribution < 1.29 is 9.47 Å². The molecule has 0 aromatic heterocycles. The third-order valence-corrected chi connectivity index (χ3v) is 2.92. The SMILES string of the molecule is CC(C)N1CCCC2OCCOC21. The van der Waals surface area contributed by atoms with E-state index in [0.29, 0.717) is 12.1 Å². The van der Waals surface area contributed by atoms with Gasteiger partial charge in [0, 0.05) is 12.6 Å². The molecule has 2 saturated heterocycles. The van der Waals surface area contributed by atoms with Gasteiger partial charge in [-0.2, -0.15) is 0 Å². The molecule has 2 atom stereocenters. The fraction of sp³-hybridized carbons (Fsp3) is 1.00. The minimum atomic E-state index is 0.225. The second-order valence-electron chi connectivity index (χ2n) is 4.14. The van der Waals surface area contributed by atoms with Crippen LogP contribution in [0.25, 0.3) is 0 Å². The lowest BCUT2D eigenvalue weighted by Crippen LogP contribution is -2.55. The number of hydrogen-bond acceptors (Lipinski definition) is 3. The molecule has 2 rings (SSSR count). The van der Waals surface area contributed by atoms with E-state index in [9.17, 15) is 0 Å². The maximum absolute atomic E-state index is 5.76. The zero-order valence-corrected chi connectivity index (χ0v) is 8.53. The van der Waals surface area contributed by atoms with E-state index in [0.717, 1.165) is 26.2 Å². The third kappa shape index (κ3) is 1.87. The molecule has 0 aromatic rings. The van der Waals surface area contributed by atoms with Crippen molar-refractivity contribution in [2.24, 2.45) is 0 Å². The molecule has 0 aromatic carbocycles. The van der Waals surface area contributed by atoms with Crippen LogP contribution in [0.3, 0.4) is 0 Å². The van der Waals surface area contributed by atoms with Crippen LogP contribution < -0.4 is 0 Å². The van der Waals surface area contributed by atoms with Crippen LogP contribution in [0.2, 0.25) is 0 Å². The van der Waals surface area contributed by atoms with E-state index in [-0.39, 0.29) is 6.23 Å². The first-order valence-corrected chi connectivity index (χ1v) is 5.28. The van der Waals surface area contributed by atoms with Gasteiger partial charge in [0.2, 0.25) is 0 Å². The summed E-state index contributed by atoms with van der Waals surface area (Å²) < 4.78 is 11.5. The lowest BCUT2D eigenvalue weighted by molar-refractivity contribution is -0.218. The van der Waals surface area contributed by atoms with Crippen molar-refractivity contribution in [1.82, 2.24) is 4.90 Å². The van der Waals surface area contributed by atoms with Crippen molar-refractivity contribution in [3.8, 4) is 0 Å². The van der Waals surface area contributed by atoms with Gasteiger partial charge in [0.05, 0.1) is 19.3 Å². The fourth-order valence-corrected chi connectivity index (χ4v) is 2.25. The van der Waals surface area contributed by atoms with Gasteiger partial charge in [0.15, 0.2) is 0 Å². The molecule has 0 N–H and O–H groups in total. The highest BCUT2D eigenvalue weighted by molar-refractivity contribution is 4.82. The summed E-state index contributed by atoms with van der Waals surface area (Å²) in [6, 6.07) is 0.564. The van der Waals surface area contributed by atoms with Gasteiger partial charge in [-0.05, 0) is 26.7 Å². The van der Waals surface area contributed by atoms with Gasteiger partial charge >= 0.3 is 0 Å². The van der Waals surface area contributed by atoms with E-state index < -0.39 is 0 Å². The van der Waals surface area contributed by atoms with Gasteiger partial charge in [-0.25, -0.2) is 0 Å². The van der Waals surface area contributed by atoms with E-state index in [1.807, 2.05) is 0 Å². The van der Waals surface area contributed by atoms with Crippen molar-refractivity contribution in [1.29, 1.82) is 0 Å². The number of rotatable bonds is 1. The Kier molecular flexibility index (Phi) is 2.86. The minimum absolute atomic E-state index is 0.225. The van der Waals surface area contributed by atoms with Crippen LogP contribution in [-0.2, 0) is 9.47 Å². The molecule has 3 heteroatoms. The quantitative estimate of drug-likeness (QED) is 0.613. The molecule has 0 aliphatic carbocycles. The molecule has 0 saturated carbocycles. The number of nitrogens with zero attached hydrogens (tertiary/aromatic N) is 1. The summed E-state index contributed by atoms with van der Waals surface area (Å²) >= 11 is 0. The number of likely N-dealkylation sites (tertiary alicyclic amines) is 1. The predicted molar refractivity (Wildman–Crippen MR) is 50.6 cm³/mol. The van der Waals surface area contributed by atoms with E-state index in [1.54, 1.807) is 0 Å². The second-order valence-corrected chi connectivity index (χ2v) is 4.14. The van der Waals surface area contributed by atoms with Crippen LogP contribution in [0, 0.1) is 0 Å². The molecule has 0 bridgehead atoms. The first-order valence-electron chi connectivity index (χ1n) is 5.28. The van der Waals surface area contributed by atoms with Crippen molar-refractivity contribution in [3.63, 3.8) is 0 Å². The molecule has 0 amide bonds. The van der Waals surface area contributed by atoms with Crippen molar-refractivity contribution in [2.75, 3.05) is 19.8 Å². The Morgan fingerprint density at radius 3 is 2.77 bits per heavy atom. The Labute approximate surface area is 80.0 Å². The zero-order chi connectivity index (χ0) is 9.26. The Balaban J connectivity index is 2.02. The lowest BCUT2D eigenvalue weighted by atomic mass is 10.0. The fourth-order valence-electron chi connectivity index (χ4n) is 2.25. The first-order chi connectivity index (χ1) is 6.29. The van der Waals surface area contributed by atoms with E-state index >= 15 is 0 Å². The van der Waals surface area contributed by atoms with Gasteiger partial charge in [-0.1, -0.05) is 0 Å². The highest BCUT2D eigenvalue weighted by Crippen LogP contribution is 2.25. The van der Waals surface area contributed by atoms with Crippen LogP contribution >= 0.6 is 0 Å². The number of ether oxygens (including phenoxy) is 2. The maximum Gasteiger partial charge on any atom is 0.137 e. The molecule has 3 nitrogen and oxygen atoms in total. The smallest absolute Gasteiger partial charge is 0.137 e. The normalized spacial score (nSPS) is 36.2. The second kappa shape index (κ2) is 3.95. The number of fused-ring (bicyclic) bond motifs is 1. The summed E-state index contributed by atoms with van der Waals surface area (Å²) in [4.78, 5) is 2.41. The van der Waals surface area contributed by atoms with Crippen LogP contribution in [0.15, 0.2) is 0 Å². The molecule has 2 heterocycles. The zero-order valence-electron chi connectivity index (χ0n) is 8.53. The highest BCUT2D eigenvalue weighted by atomic mass is 16.6. The summed E-state index contributed by atoms with van der Waals surface area (Å²) in [6.07, 6.45) is 2.95. The van der Waals surface area contributed by atoms with Gasteiger partial charge in [-0.3, -0.25) is 4.90 Å². The Morgan fingerprint density at radius 1 is 1.23 bits per heavy atom. The molecule has 76 valence electrons. The van der Waals surface area contributed by atoms with Gasteiger partial charge in [-0.15, -0.1) is 0 Å². The predicted octanol–water partition coefficient (Wildman–Crippen LogP) is 1.23. The largest absolute Gasteiger partial charge is 0.372 e. The average molecular weight is 185 g/mol. The number of hydrogen-bond donors (Lipinski definition) is 0. The summed E-state index contributed by atoms with van der Waals surface area (Å²) in [6.45, 7) is 7.13. The molecule has 0 radical (unpaired) electrons. The lowest BCUT2D eigenvalue weighted by Gasteiger charge is -2.45. The molecule has 2 unspecified atom stereocenters. The van der Waals surface area contributed by atoms with Crippen molar-refractivity contribution in [3.05, 3.63) is 0 Å². The summed E-state index contributed by atoms with van der Waals surface area (Å²) in [5, 5.41) is 0. The molecule has 2 fully saturated rings. The van der Waals surface area contributed by atoms with Gasteiger partial charge in [0.25, 0.3) is 0 Å². The molecular formula is C10H19NO2. The van der Waals surface area contributed by atoms with E-state index in [4.69, 9.17) is 9.47 Å². The van der Waals surface area contributed by atoms with Crippen molar-refractivity contribution in [2.45, 2.75) is 45.1 Å². The minimum Gasteiger partial charge on any atom is -0.372 e.